The Hall–Kier alpha value is -3.26. The Labute approximate surface area is 173 Å². The molecule has 2 aromatic carbocycles. The van der Waals surface area contributed by atoms with E-state index in [1.165, 1.54) is 17.2 Å². The number of nitro benzene ring substituents is 1. The van der Waals surface area contributed by atoms with Crippen LogP contribution in [-0.4, -0.2) is 49.5 Å². The van der Waals surface area contributed by atoms with E-state index in [1.807, 2.05) is 17.0 Å². The minimum atomic E-state index is -0.395. The van der Waals surface area contributed by atoms with Crippen LogP contribution in [0.3, 0.4) is 0 Å². The predicted octanol–water partition coefficient (Wildman–Crippen LogP) is 2.95. The molecule has 1 atom stereocenters. The molecule has 2 aliphatic heterocycles. The predicted molar refractivity (Wildman–Crippen MR) is 112 cm³/mol. The monoisotopic (exact) mass is 405 g/mol. The number of non-ortho nitro benzene ring substituents is 1. The van der Waals surface area contributed by atoms with Crippen molar-refractivity contribution in [2.45, 2.75) is 38.5 Å². The van der Waals surface area contributed by atoms with Gasteiger partial charge in [0.1, 0.15) is 0 Å². The van der Waals surface area contributed by atoms with Gasteiger partial charge in [-0.25, -0.2) is 0 Å². The number of benzene rings is 2. The van der Waals surface area contributed by atoms with Gasteiger partial charge in [-0.1, -0.05) is 24.3 Å². The highest BCUT2D eigenvalue weighted by Crippen LogP contribution is 2.27. The molecule has 8 nitrogen and oxygen atoms in total. The average Bonchev–Trinajstić information content (AvgIpc) is 3.43. The van der Waals surface area contributed by atoms with Gasteiger partial charge in [-0.2, -0.15) is 5.10 Å². The normalized spacial score (nSPS) is 19.2. The second-order valence-corrected chi connectivity index (χ2v) is 8.05. The molecular weight excluding hydrogens is 382 g/mol. The van der Waals surface area contributed by atoms with Gasteiger partial charge in [-0.3, -0.25) is 24.5 Å². The lowest BCUT2D eigenvalue weighted by Gasteiger charge is -2.37. The third-order valence-corrected chi connectivity index (χ3v) is 6.20. The van der Waals surface area contributed by atoms with Crippen molar-refractivity contribution < 1.29 is 9.72 Å². The molecule has 3 aromatic rings. The molecule has 0 aliphatic carbocycles. The molecule has 1 saturated heterocycles. The first kappa shape index (κ1) is 18.7. The Kier molecular flexibility index (Phi) is 4.71. The number of fused-ring (bicyclic) bond motifs is 2. The largest absolute Gasteiger partial charge is 0.341 e. The van der Waals surface area contributed by atoms with E-state index in [1.54, 1.807) is 23.0 Å². The zero-order valence-corrected chi connectivity index (χ0v) is 16.6. The fourth-order valence-electron chi connectivity index (χ4n) is 4.57. The van der Waals surface area contributed by atoms with Crippen molar-refractivity contribution >= 4 is 22.5 Å². The van der Waals surface area contributed by atoms with E-state index in [9.17, 15) is 14.9 Å². The van der Waals surface area contributed by atoms with Crippen LogP contribution in [0.2, 0.25) is 0 Å². The van der Waals surface area contributed by atoms with Crippen molar-refractivity contribution in [1.82, 2.24) is 19.6 Å². The number of rotatable bonds is 4. The van der Waals surface area contributed by atoms with E-state index in [0.29, 0.717) is 25.2 Å². The first-order valence-electron chi connectivity index (χ1n) is 10.3. The van der Waals surface area contributed by atoms with Gasteiger partial charge in [0.15, 0.2) is 0 Å². The lowest BCUT2D eigenvalue weighted by atomic mass is 9.93. The molecule has 0 spiro atoms. The van der Waals surface area contributed by atoms with Gasteiger partial charge >= 0.3 is 0 Å². The summed E-state index contributed by atoms with van der Waals surface area (Å²) in [6.45, 7) is 2.70. The van der Waals surface area contributed by atoms with Crippen LogP contribution >= 0.6 is 0 Å². The molecule has 5 rings (SSSR count). The summed E-state index contributed by atoms with van der Waals surface area (Å²) in [4.78, 5) is 28.3. The quantitative estimate of drug-likeness (QED) is 0.492. The Morgan fingerprint density at radius 1 is 1.13 bits per heavy atom. The van der Waals surface area contributed by atoms with E-state index >= 15 is 0 Å². The maximum atomic E-state index is 13.3. The molecule has 8 heteroatoms. The van der Waals surface area contributed by atoms with Crippen LogP contribution < -0.4 is 0 Å². The molecule has 2 aliphatic rings. The Morgan fingerprint density at radius 3 is 2.67 bits per heavy atom. The molecule has 0 radical (unpaired) electrons. The summed E-state index contributed by atoms with van der Waals surface area (Å²) in [5.41, 5.74) is 3.17. The lowest BCUT2D eigenvalue weighted by molar-refractivity contribution is -0.384. The molecule has 0 saturated carbocycles. The number of aromatic nitrogens is 2. The zero-order chi connectivity index (χ0) is 20.7. The molecular formula is C22H23N5O3. The highest BCUT2D eigenvalue weighted by Gasteiger charge is 2.35. The Balaban J connectivity index is 1.49. The molecule has 0 bridgehead atoms. The summed E-state index contributed by atoms with van der Waals surface area (Å²) in [5.74, 6) is 0.171. The fourth-order valence-corrected chi connectivity index (χ4v) is 4.57. The number of nitro groups is 1. The molecule has 3 heterocycles. The van der Waals surface area contributed by atoms with Crippen molar-refractivity contribution in [2.75, 3.05) is 13.1 Å². The summed E-state index contributed by atoms with van der Waals surface area (Å²) in [6.07, 6.45) is 4.50. The molecule has 30 heavy (non-hydrogen) atoms. The van der Waals surface area contributed by atoms with Crippen LogP contribution in [-0.2, 0) is 24.4 Å². The van der Waals surface area contributed by atoms with Crippen molar-refractivity contribution in [3.8, 4) is 0 Å². The van der Waals surface area contributed by atoms with Crippen LogP contribution in [0, 0.1) is 10.1 Å². The van der Waals surface area contributed by atoms with E-state index in [4.69, 9.17) is 0 Å². The zero-order valence-electron chi connectivity index (χ0n) is 16.6. The van der Waals surface area contributed by atoms with Crippen LogP contribution in [0.1, 0.15) is 24.0 Å². The minimum Gasteiger partial charge on any atom is -0.341 e. The maximum Gasteiger partial charge on any atom is 0.271 e. The first-order chi connectivity index (χ1) is 14.6. The summed E-state index contributed by atoms with van der Waals surface area (Å²) in [7, 11) is 0. The summed E-state index contributed by atoms with van der Waals surface area (Å²) < 4.78 is 1.76. The smallest absolute Gasteiger partial charge is 0.271 e. The van der Waals surface area contributed by atoms with Crippen LogP contribution in [0.4, 0.5) is 5.69 Å². The topological polar surface area (TPSA) is 84.5 Å². The SMILES string of the molecule is O=C([C@@H]1Cc2ccccc2CN1Cn1ncc2ccc([N+](=O)[O-])cc21)N1CCCC1. The first-order valence-corrected chi connectivity index (χ1v) is 10.3. The van der Waals surface area contributed by atoms with Gasteiger partial charge < -0.3 is 4.90 Å². The van der Waals surface area contributed by atoms with Gasteiger partial charge in [0, 0.05) is 37.2 Å². The van der Waals surface area contributed by atoms with Crippen LogP contribution in [0.25, 0.3) is 10.9 Å². The highest BCUT2D eigenvalue weighted by atomic mass is 16.6. The second-order valence-electron chi connectivity index (χ2n) is 8.05. The van der Waals surface area contributed by atoms with Crippen molar-refractivity contribution in [1.29, 1.82) is 0 Å². The fraction of sp³-hybridized carbons (Fsp3) is 0.364. The Bertz CT molecular complexity index is 1120. The van der Waals surface area contributed by atoms with Crippen molar-refractivity contribution in [2.24, 2.45) is 0 Å². The Morgan fingerprint density at radius 2 is 1.90 bits per heavy atom. The third-order valence-electron chi connectivity index (χ3n) is 6.20. The van der Waals surface area contributed by atoms with Gasteiger partial charge in [-0.05, 0) is 36.5 Å². The second kappa shape index (κ2) is 7.53. The molecule has 154 valence electrons. The van der Waals surface area contributed by atoms with Gasteiger partial charge in [-0.15, -0.1) is 0 Å². The number of amides is 1. The number of likely N-dealkylation sites (tertiary alicyclic amines) is 1. The van der Waals surface area contributed by atoms with Gasteiger partial charge in [0.25, 0.3) is 5.69 Å². The van der Waals surface area contributed by atoms with E-state index < -0.39 is 4.92 Å². The lowest BCUT2D eigenvalue weighted by Crippen LogP contribution is -2.51. The molecule has 0 N–H and O–H groups in total. The van der Waals surface area contributed by atoms with Crippen molar-refractivity contribution in [3.05, 3.63) is 69.9 Å². The molecule has 1 amide bonds. The van der Waals surface area contributed by atoms with Crippen LogP contribution in [0.15, 0.2) is 48.7 Å². The van der Waals surface area contributed by atoms with E-state index in [2.05, 4.69) is 22.1 Å². The molecule has 1 aromatic heterocycles. The molecule has 0 unspecified atom stereocenters. The molecule has 1 fully saturated rings. The minimum absolute atomic E-state index is 0.0398. The summed E-state index contributed by atoms with van der Waals surface area (Å²) >= 11 is 0. The third kappa shape index (κ3) is 3.33. The van der Waals surface area contributed by atoms with Gasteiger partial charge in [0.05, 0.1) is 29.3 Å². The van der Waals surface area contributed by atoms with E-state index in [-0.39, 0.29) is 17.6 Å². The number of hydrogen-bond acceptors (Lipinski definition) is 5. The summed E-state index contributed by atoms with van der Waals surface area (Å²) in [5, 5.41) is 16.5. The standard InChI is InChI=1S/C22H23N5O3/c28-22(24-9-3-4-10-24)21-11-16-5-1-2-6-18(16)14-25(21)15-26-20-12-19(27(29)30)8-7-17(20)13-23-26/h1-2,5-8,12-13,21H,3-4,9-11,14-15H2/t21-/m0/s1. The van der Waals surface area contributed by atoms with E-state index in [0.717, 1.165) is 31.3 Å². The van der Waals surface area contributed by atoms with Crippen LogP contribution in [0.5, 0.6) is 0 Å². The van der Waals surface area contributed by atoms with Crippen molar-refractivity contribution in [3.63, 3.8) is 0 Å². The number of hydrogen-bond donors (Lipinski definition) is 0. The number of carbonyl (C=O) groups is 1. The van der Waals surface area contributed by atoms with Gasteiger partial charge in [0.2, 0.25) is 5.91 Å². The summed E-state index contributed by atoms with van der Waals surface area (Å²) in [6, 6.07) is 12.8. The highest BCUT2D eigenvalue weighted by molar-refractivity contribution is 5.83. The number of nitrogens with zero attached hydrogens (tertiary/aromatic N) is 5. The number of carbonyl (C=O) groups excluding carboxylic acids is 1. The average molecular weight is 405 g/mol. The maximum absolute atomic E-state index is 13.3.